The molecule has 6 heteroatoms. The molecule has 1 N–H and O–H groups in total. The third-order valence-corrected chi connectivity index (χ3v) is 3.43. The molecule has 0 radical (unpaired) electrons. The third kappa shape index (κ3) is 4.02. The largest absolute Gasteiger partial charge is 0.341 e. The van der Waals surface area contributed by atoms with Crippen molar-refractivity contribution in [2.24, 2.45) is 0 Å². The zero-order valence-corrected chi connectivity index (χ0v) is 12.9. The van der Waals surface area contributed by atoms with E-state index in [9.17, 15) is 9.59 Å². The summed E-state index contributed by atoms with van der Waals surface area (Å²) >= 11 is 3.21. The van der Waals surface area contributed by atoms with Gasteiger partial charge in [0.05, 0.1) is 5.56 Å². The lowest BCUT2D eigenvalue weighted by Gasteiger charge is -2.23. The Morgan fingerprint density at radius 1 is 1.42 bits per heavy atom. The van der Waals surface area contributed by atoms with Gasteiger partial charge >= 0.3 is 0 Å². The van der Waals surface area contributed by atoms with Crippen LogP contribution < -0.4 is 5.32 Å². The van der Waals surface area contributed by atoms with Crippen LogP contribution in [0.1, 0.15) is 31.1 Å². The van der Waals surface area contributed by atoms with Crippen molar-refractivity contribution < 1.29 is 9.59 Å². The summed E-state index contributed by atoms with van der Waals surface area (Å²) in [5.41, 5.74) is 0.418. The van der Waals surface area contributed by atoms with Crippen LogP contribution in [0.5, 0.6) is 0 Å². The fourth-order valence-electron chi connectivity index (χ4n) is 1.70. The van der Waals surface area contributed by atoms with Crippen LogP contribution in [0.15, 0.2) is 22.9 Å². The monoisotopic (exact) mass is 327 g/mol. The molecule has 1 aromatic heterocycles. The fraction of sp³-hybridized carbons (Fsp3) is 0.462. The number of likely N-dealkylation sites (N-methyl/N-ethyl adjacent to an activating group) is 1. The lowest BCUT2D eigenvalue weighted by molar-refractivity contribution is -0.132. The van der Waals surface area contributed by atoms with E-state index in [4.69, 9.17) is 0 Å². The van der Waals surface area contributed by atoms with Crippen molar-refractivity contribution in [2.75, 3.05) is 13.1 Å². The van der Waals surface area contributed by atoms with E-state index in [0.29, 0.717) is 23.3 Å². The van der Waals surface area contributed by atoms with Gasteiger partial charge in [0.2, 0.25) is 5.91 Å². The molecule has 0 saturated carbocycles. The smallest absolute Gasteiger partial charge is 0.254 e. The first-order valence-electron chi connectivity index (χ1n) is 6.21. The maximum absolute atomic E-state index is 12.0. The van der Waals surface area contributed by atoms with Gasteiger partial charge in [-0.3, -0.25) is 9.59 Å². The highest BCUT2D eigenvalue weighted by Crippen LogP contribution is 2.12. The van der Waals surface area contributed by atoms with Crippen LogP contribution in [0, 0.1) is 0 Å². The molecular weight excluding hydrogens is 310 g/mol. The summed E-state index contributed by atoms with van der Waals surface area (Å²) in [6, 6.07) is 2.77. The SMILES string of the molecule is CCN(CC)C(=O)C(C)NC(=O)c1cccnc1Br. The number of aromatic nitrogens is 1. The molecule has 0 bridgehead atoms. The number of nitrogens with zero attached hydrogens (tertiary/aromatic N) is 2. The second-order valence-electron chi connectivity index (χ2n) is 4.05. The van der Waals surface area contributed by atoms with Crippen LogP contribution in [0.25, 0.3) is 0 Å². The number of nitrogens with one attached hydrogen (secondary N) is 1. The molecule has 104 valence electrons. The number of halogens is 1. The molecule has 0 aliphatic heterocycles. The number of pyridine rings is 1. The van der Waals surface area contributed by atoms with Crippen LogP contribution in [-0.2, 0) is 4.79 Å². The van der Waals surface area contributed by atoms with Crippen LogP contribution in [-0.4, -0.2) is 40.8 Å². The summed E-state index contributed by atoms with van der Waals surface area (Å²) in [6.45, 7) is 6.77. The molecule has 1 unspecified atom stereocenters. The van der Waals surface area contributed by atoms with Crippen molar-refractivity contribution >= 4 is 27.7 Å². The van der Waals surface area contributed by atoms with Gasteiger partial charge in [0, 0.05) is 19.3 Å². The topological polar surface area (TPSA) is 62.3 Å². The number of hydrogen-bond donors (Lipinski definition) is 1. The number of hydrogen-bond acceptors (Lipinski definition) is 3. The second kappa shape index (κ2) is 7.23. The Balaban J connectivity index is 2.72. The van der Waals surface area contributed by atoms with E-state index in [1.807, 2.05) is 13.8 Å². The minimum absolute atomic E-state index is 0.0848. The zero-order chi connectivity index (χ0) is 14.4. The van der Waals surface area contributed by atoms with Gasteiger partial charge in [-0.25, -0.2) is 4.98 Å². The lowest BCUT2D eigenvalue weighted by atomic mass is 10.2. The third-order valence-electron chi connectivity index (χ3n) is 2.80. The molecule has 0 aromatic carbocycles. The maximum Gasteiger partial charge on any atom is 0.254 e. The minimum Gasteiger partial charge on any atom is -0.341 e. The molecule has 0 saturated heterocycles. The Morgan fingerprint density at radius 3 is 2.58 bits per heavy atom. The molecule has 0 aliphatic rings. The van der Waals surface area contributed by atoms with Gasteiger partial charge in [-0.2, -0.15) is 0 Å². The highest BCUT2D eigenvalue weighted by Gasteiger charge is 2.21. The highest BCUT2D eigenvalue weighted by atomic mass is 79.9. The minimum atomic E-state index is -0.556. The fourth-order valence-corrected chi connectivity index (χ4v) is 2.13. The Bertz CT molecular complexity index is 461. The first-order chi connectivity index (χ1) is 9.01. The molecule has 1 atom stereocenters. The molecular formula is C13H18BrN3O2. The standard InChI is InChI=1S/C13H18BrN3O2/c1-4-17(5-2)13(19)9(3)16-12(18)10-7-6-8-15-11(10)14/h6-9H,4-5H2,1-3H3,(H,16,18). The van der Waals surface area contributed by atoms with E-state index in [-0.39, 0.29) is 11.8 Å². The summed E-state index contributed by atoms with van der Waals surface area (Å²) in [6.07, 6.45) is 1.59. The summed E-state index contributed by atoms with van der Waals surface area (Å²) in [4.78, 5) is 29.7. The van der Waals surface area contributed by atoms with Crippen molar-refractivity contribution in [1.82, 2.24) is 15.2 Å². The summed E-state index contributed by atoms with van der Waals surface area (Å²) in [7, 11) is 0. The van der Waals surface area contributed by atoms with Gasteiger partial charge in [0.1, 0.15) is 10.6 Å². The van der Waals surface area contributed by atoms with Crippen molar-refractivity contribution in [3.63, 3.8) is 0 Å². The van der Waals surface area contributed by atoms with E-state index >= 15 is 0 Å². The molecule has 1 heterocycles. The van der Waals surface area contributed by atoms with Crippen LogP contribution >= 0.6 is 15.9 Å². The van der Waals surface area contributed by atoms with Crippen LogP contribution in [0.3, 0.4) is 0 Å². The highest BCUT2D eigenvalue weighted by molar-refractivity contribution is 9.10. The molecule has 0 aliphatic carbocycles. The Kier molecular flexibility index (Phi) is 5.95. The van der Waals surface area contributed by atoms with Crippen LogP contribution in [0.4, 0.5) is 0 Å². The Morgan fingerprint density at radius 2 is 2.05 bits per heavy atom. The molecule has 1 rings (SSSR count). The number of carbonyl (C=O) groups is 2. The Hall–Kier alpha value is -1.43. The number of carbonyl (C=O) groups excluding carboxylic acids is 2. The van der Waals surface area contributed by atoms with E-state index in [1.165, 1.54) is 0 Å². The van der Waals surface area contributed by atoms with Gasteiger partial charge in [-0.1, -0.05) is 0 Å². The molecule has 1 aromatic rings. The van der Waals surface area contributed by atoms with E-state index in [0.717, 1.165) is 0 Å². The number of amides is 2. The predicted molar refractivity (Wildman–Crippen MR) is 76.8 cm³/mol. The van der Waals surface area contributed by atoms with E-state index in [2.05, 4.69) is 26.2 Å². The predicted octanol–water partition coefficient (Wildman–Crippen LogP) is 1.83. The first-order valence-corrected chi connectivity index (χ1v) is 7.00. The van der Waals surface area contributed by atoms with Gasteiger partial charge in [-0.05, 0) is 48.8 Å². The summed E-state index contributed by atoms with van der Waals surface area (Å²) in [5, 5.41) is 2.69. The maximum atomic E-state index is 12.0. The first kappa shape index (κ1) is 15.6. The van der Waals surface area contributed by atoms with E-state index < -0.39 is 6.04 Å². The van der Waals surface area contributed by atoms with Gasteiger partial charge < -0.3 is 10.2 Å². The lowest BCUT2D eigenvalue weighted by Crippen LogP contribution is -2.46. The number of rotatable bonds is 5. The molecule has 0 fully saturated rings. The van der Waals surface area contributed by atoms with Gasteiger partial charge in [-0.15, -0.1) is 0 Å². The average Bonchev–Trinajstić information content (AvgIpc) is 2.40. The molecule has 0 spiro atoms. The van der Waals surface area contributed by atoms with Crippen LogP contribution in [0.2, 0.25) is 0 Å². The molecule has 19 heavy (non-hydrogen) atoms. The van der Waals surface area contributed by atoms with E-state index in [1.54, 1.807) is 30.2 Å². The van der Waals surface area contributed by atoms with Crippen molar-refractivity contribution in [2.45, 2.75) is 26.8 Å². The zero-order valence-electron chi connectivity index (χ0n) is 11.3. The average molecular weight is 328 g/mol. The quantitative estimate of drug-likeness (QED) is 0.839. The summed E-state index contributed by atoms with van der Waals surface area (Å²) in [5.74, 6) is -0.397. The molecule has 5 nitrogen and oxygen atoms in total. The van der Waals surface area contributed by atoms with Crippen molar-refractivity contribution in [1.29, 1.82) is 0 Å². The second-order valence-corrected chi connectivity index (χ2v) is 4.80. The Labute approximate surface area is 121 Å². The van der Waals surface area contributed by atoms with Crippen molar-refractivity contribution in [3.8, 4) is 0 Å². The molecule has 2 amide bonds. The summed E-state index contributed by atoms with van der Waals surface area (Å²) < 4.78 is 0.468. The normalized spacial score (nSPS) is 11.8. The van der Waals surface area contributed by atoms with Gasteiger partial charge in [0.15, 0.2) is 0 Å². The van der Waals surface area contributed by atoms with Crippen molar-refractivity contribution in [3.05, 3.63) is 28.5 Å². The van der Waals surface area contributed by atoms with Gasteiger partial charge in [0.25, 0.3) is 5.91 Å².